The Balaban J connectivity index is 2.11. The summed E-state index contributed by atoms with van der Waals surface area (Å²) >= 11 is 0. The maximum atomic E-state index is 10.9. The Kier molecular flexibility index (Phi) is 2.27. The minimum atomic E-state index is -0.217. The van der Waals surface area contributed by atoms with Gasteiger partial charge in [-0.3, -0.25) is 9.69 Å². The highest BCUT2D eigenvalue weighted by Gasteiger charge is 2.49. The number of carbonyl (C=O) groups is 1. The van der Waals surface area contributed by atoms with Gasteiger partial charge in [-0.1, -0.05) is 0 Å². The van der Waals surface area contributed by atoms with Crippen LogP contribution in [0.5, 0.6) is 0 Å². The molecule has 0 bridgehead atoms. The summed E-state index contributed by atoms with van der Waals surface area (Å²) in [5.41, 5.74) is 5.36. The molecule has 0 aromatic rings. The number of nitrogens with two attached hydrogens (primary N) is 1. The molecule has 0 spiro atoms. The smallest absolute Gasteiger partial charge is 0.231 e. The molecule has 3 N–H and O–H groups in total. The molecule has 2 heterocycles. The Hall–Kier alpha value is -0.610. The van der Waals surface area contributed by atoms with Gasteiger partial charge in [0, 0.05) is 18.6 Å². The van der Waals surface area contributed by atoms with Crippen LogP contribution in [0, 0.1) is 11.8 Å². The molecule has 2 unspecified atom stereocenters. The maximum Gasteiger partial charge on any atom is 0.231 e. The van der Waals surface area contributed by atoms with Crippen molar-refractivity contribution in [3.8, 4) is 0 Å². The van der Waals surface area contributed by atoms with Gasteiger partial charge in [-0.25, -0.2) is 0 Å². The number of rotatable bonds is 2. The van der Waals surface area contributed by atoms with Crippen LogP contribution in [-0.2, 0) is 4.79 Å². The number of nitrogens with one attached hydrogen (secondary N) is 1. The van der Waals surface area contributed by atoms with Gasteiger partial charge in [-0.2, -0.15) is 0 Å². The molecule has 4 heteroatoms. The first kappa shape index (κ1) is 9.93. The Morgan fingerprint density at radius 2 is 2.29 bits per heavy atom. The highest BCUT2D eigenvalue weighted by atomic mass is 16.1. The number of nitrogens with zero attached hydrogens (tertiary/aromatic N) is 1. The predicted molar refractivity (Wildman–Crippen MR) is 54.7 cm³/mol. The Morgan fingerprint density at radius 3 is 2.86 bits per heavy atom. The van der Waals surface area contributed by atoms with E-state index >= 15 is 0 Å². The lowest BCUT2D eigenvalue weighted by Crippen LogP contribution is -2.47. The van der Waals surface area contributed by atoms with Gasteiger partial charge in [-0.15, -0.1) is 0 Å². The Morgan fingerprint density at radius 1 is 1.57 bits per heavy atom. The molecule has 2 saturated heterocycles. The van der Waals surface area contributed by atoms with Crippen LogP contribution in [0.3, 0.4) is 0 Å². The number of hydrogen-bond acceptors (Lipinski definition) is 3. The molecule has 4 nitrogen and oxygen atoms in total. The average molecular weight is 197 g/mol. The zero-order valence-electron chi connectivity index (χ0n) is 8.92. The van der Waals surface area contributed by atoms with Gasteiger partial charge in [-0.05, 0) is 32.2 Å². The molecule has 14 heavy (non-hydrogen) atoms. The van der Waals surface area contributed by atoms with E-state index in [0.29, 0.717) is 18.4 Å². The lowest BCUT2D eigenvalue weighted by molar-refractivity contribution is -0.120. The van der Waals surface area contributed by atoms with Crippen molar-refractivity contribution in [1.29, 1.82) is 0 Å². The Bertz CT molecular complexity index is 252. The molecule has 2 rings (SSSR count). The van der Waals surface area contributed by atoms with Crippen molar-refractivity contribution in [3.63, 3.8) is 0 Å². The van der Waals surface area contributed by atoms with Gasteiger partial charge >= 0.3 is 0 Å². The molecule has 80 valence electrons. The lowest BCUT2D eigenvalue weighted by atomic mass is 9.85. The summed E-state index contributed by atoms with van der Waals surface area (Å²) < 4.78 is 0. The fraction of sp³-hybridized carbons (Fsp3) is 0.900. The van der Waals surface area contributed by atoms with Crippen LogP contribution in [0.15, 0.2) is 0 Å². The molecule has 0 aromatic heterocycles. The van der Waals surface area contributed by atoms with Crippen molar-refractivity contribution in [3.05, 3.63) is 0 Å². The van der Waals surface area contributed by atoms with Gasteiger partial charge < -0.3 is 11.1 Å². The second kappa shape index (κ2) is 3.21. The summed E-state index contributed by atoms with van der Waals surface area (Å²) in [6.45, 7) is 8.01. The second-order valence-corrected chi connectivity index (χ2v) is 5.03. The molecular weight excluding hydrogens is 178 g/mol. The van der Waals surface area contributed by atoms with E-state index in [9.17, 15) is 4.79 Å². The van der Waals surface area contributed by atoms with Gasteiger partial charge in [0.1, 0.15) is 0 Å². The van der Waals surface area contributed by atoms with Crippen molar-refractivity contribution in [2.24, 2.45) is 17.6 Å². The molecule has 2 aliphatic heterocycles. The minimum absolute atomic E-state index is 0.114. The van der Waals surface area contributed by atoms with Crippen molar-refractivity contribution in [2.75, 3.05) is 26.2 Å². The van der Waals surface area contributed by atoms with Crippen LogP contribution >= 0.6 is 0 Å². The fourth-order valence-corrected chi connectivity index (χ4v) is 2.96. The third kappa shape index (κ3) is 1.42. The highest BCUT2D eigenvalue weighted by Crippen LogP contribution is 2.39. The number of hydrogen-bond donors (Lipinski definition) is 2. The van der Waals surface area contributed by atoms with Crippen LogP contribution < -0.4 is 11.1 Å². The van der Waals surface area contributed by atoms with E-state index < -0.39 is 0 Å². The topological polar surface area (TPSA) is 58.4 Å². The largest absolute Gasteiger partial charge is 0.369 e. The van der Waals surface area contributed by atoms with Crippen LogP contribution in [-0.4, -0.2) is 42.5 Å². The molecule has 0 saturated carbocycles. The van der Waals surface area contributed by atoms with Crippen molar-refractivity contribution in [2.45, 2.75) is 19.4 Å². The summed E-state index contributed by atoms with van der Waals surface area (Å²) in [6.07, 6.45) is 0. The van der Waals surface area contributed by atoms with Crippen molar-refractivity contribution >= 4 is 5.91 Å². The van der Waals surface area contributed by atoms with Gasteiger partial charge in [0.15, 0.2) is 0 Å². The van der Waals surface area contributed by atoms with Crippen LogP contribution in [0.4, 0.5) is 0 Å². The fourth-order valence-electron chi connectivity index (χ4n) is 2.96. The summed E-state index contributed by atoms with van der Waals surface area (Å²) in [5.74, 6) is 1.15. The first-order chi connectivity index (χ1) is 6.51. The zero-order chi connectivity index (χ0) is 10.3. The van der Waals surface area contributed by atoms with Gasteiger partial charge in [0.05, 0.1) is 6.54 Å². The molecule has 1 amide bonds. The van der Waals surface area contributed by atoms with Gasteiger partial charge in [0.2, 0.25) is 5.91 Å². The maximum absolute atomic E-state index is 10.9. The third-order valence-corrected chi connectivity index (χ3v) is 3.86. The molecule has 2 atom stereocenters. The van der Waals surface area contributed by atoms with E-state index in [1.54, 1.807) is 0 Å². The molecule has 2 aliphatic rings. The molecular formula is C10H19N3O. The van der Waals surface area contributed by atoms with E-state index in [2.05, 4.69) is 24.1 Å². The standard InChI is InChI=1S/C10H19N3O/c1-10(2)8-4-12-3-7(8)5-13(10)6-9(11)14/h7-8,12H,3-6H2,1-2H3,(H2,11,14). The van der Waals surface area contributed by atoms with Crippen LogP contribution in [0.2, 0.25) is 0 Å². The minimum Gasteiger partial charge on any atom is -0.369 e. The predicted octanol–water partition coefficient (Wildman–Crippen LogP) is -0.598. The normalized spacial score (nSPS) is 35.9. The average Bonchev–Trinajstić information content (AvgIpc) is 2.57. The number of amides is 1. The number of fused-ring (bicyclic) bond motifs is 1. The summed E-state index contributed by atoms with van der Waals surface area (Å²) in [7, 11) is 0. The molecule has 0 radical (unpaired) electrons. The zero-order valence-corrected chi connectivity index (χ0v) is 8.92. The molecule has 0 aromatic carbocycles. The molecule has 0 aliphatic carbocycles. The van der Waals surface area contributed by atoms with Crippen LogP contribution in [0.25, 0.3) is 0 Å². The SMILES string of the molecule is CC1(C)C2CNCC2CN1CC(N)=O. The van der Waals surface area contributed by atoms with E-state index in [4.69, 9.17) is 5.73 Å². The highest BCUT2D eigenvalue weighted by molar-refractivity contribution is 5.76. The third-order valence-electron chi connectivity index (χ3n) is 3.86. The first-order valence-electron chi connectivity index (χ1n) is 5.26. The van der Waals surface area contributed by atoms with E-state index in [1.807, 2.05) is 0 Å². The summed E-state index contributed by atoms with van der Waals surface area (Å²) in [4.78, 5) is 13.2. The monoisotopic (exact) mass is 197 g/mol. The number of primary amides is 1. The Labute approximate surface area is 84.8 Å². The number of carbonyl (C=O) groups excluding carboxylic acids is 1. The summed E-state index contributed by atoms with van der Waals surface area (Å²) in [5, 5.41) is 3.41. The first-order valence-corrected chi connectivity index (χ1v) is 5.26. The van der Waals surface area contributed by atoms with E-state index in [1.165, 1.54) is 0 Å². The quantitative estimate of drug-likeness (QED) is 0.621. The van der Waals surface area contributed by atoms with E-state index in [-0.39, 0.29) is 11.4 Å². The second-order valence-electron chi connectivity index (χ2n) is 5.03. The van der Waals surface area contributed by atoms with Crippen molar-refractivity contribution in [1.82, 2.24) is 10.2 Å². The number of likely N-dealkylation sites (tertiary alicyclic amines) is 1. The lowest BCUT2D eigenvalue weighted by Gasteiger charge is -2.34. The van der Waals surface area contributed by atoms with Gasteiger partial charge in [0.25, 0.3) is 0 Å². The van der Waals surface area contributed by atoms with E-state index in [0.717, 1.165) is 19.6 Å². The summed E-state index contributed by atoms with van der Waals surface area (Å²) in [6, 6.07) is 0. The van der Waals surface area contributed by atoms with Crippen molar-refractivity contribution < 1.29 is 4.79 Å². The van der Waals surface area contributed by atoms with Crippen LogP contribution in [0.1, 0.15) is 13.8 Å². The molecule has 2 fully saturated rings.